The summed E-state index contributed by atoms with van der Waals surface area (Å²) in [6, 6.07) is 11.7. The van der Waals surface area contributed by atoms with Crippen LogP contribution in [0.3, 0.4) is 0 Å². The molecule has 0 aromatic heterocycles. The fraction of sp³-hybridized carbons (Fsp3) is 0.300. The van der Waals surface area contributed by atoms with Crippen LogP contribution >= 0.6 is 23.4 Å². The van der Waals surface area contributed by atoms with Gasteiger partial charge in [-0.25, -0.2) is 8.42 Å². The number of esters is 1. The second-order valence-corrected chi connectivity index (χ2v) is 9.51. The van der Waals surface area contributed by atoms with E-state index in [0.717, 1.165) is 5.56 Å². The Balaban J connectivity index is 2.00. The quantitative estimate of drug-likeness (QED) is 0.517. The molecule has 1 unspecified atom stereocenters. The first-order valence-corrected chi connectivity index (χ1v) is 12.3. The van der Waals surface area contributed by atoms with Crippen molar-refractivity contribution >= 4 is 50.9 Å². The molecule has 162 valence electrons. The smallest absolute Gasteiger partial charge is 0.324 e. The summed E-state index contributed by atoms with van der Waals surface area (Å²) in [5.41, 5.74) is 1.33. The largest absolute Gasteiger partial charge is 0.454 e. The van der Waals surface area contributed by atoms with Gasteiger partial charge in [0.25, 0.3) is 5.91 Å². The summed E-state index contributed by atoms with van der Waals surface area (Å²) in [6.45, 7) is 1.30. The van der Waals surface area contributed by atoms with Gasteiger partial charge in [-0.2, -0.15) is 16.5 Å². The minimum absolute atomic E-state index is 0.0405. The first-order valence-electron chi connectivity index (χ1n) is 9.02. The molecule has 1 atom stereocenters. The summed E-state index contributed by atoms with van der Waals surface area (Å²) in [6.07, 6.45) is 2.06. The number of thioether (sulfide) groups is 1. The van der Waals surface area contributed by atoms with Crippen LogP contribution in [0.4, 0.5) is 5.69 Å². The standard InChI is InChI=1S/C20H23ClN2O5S2/c1-14-8-9-17(16(21)12-14)22-19(24)13-28-20(25)18(10-11-29-2)23-30(26,27)15-6-4-3-5-7-15/h3-9,12,18,23H,10-11,13H2,1-2H3,(H,22,24). The predicted molar refractivity (Wildman–Crippen MR) is 119 cm³/mol. The van der Waals surface area contributed by atoms with E-state index in [-0.39, 0.29) is 11.3 Å². The fourth-order valence-corrected chi connectivity index (χ4v) is 4.45. The van der Waals surface area contributed by atoms with Gasteiger partial charge in [0.15, 0.2) is 6.61 Å². The molecule has 0 saturated carbocycles. The summed E-state index contributed by atoms with van der Waals surface area (Å²) < 4.78 is 32.5. The first kappa shape index (κ1) is 24.2. The van der Waals surface area contributed by atoms with Gasteiger partial charge in [0.2, 0.25) is 10.0 Å². The van der Waals surface area contributed by atoms with E-state index < -0.39 is 34.5 Å². The number of hydrogen-bond donors (Lipinski definition) is 2. The molecule has 2 aromatic rings. The minimum Gasteiger partial charge on any atom is -0.454 e. The zero-order valence-electron chi connectivity index (χ0n) is 16.6. The van der Waals surface area contributed by atoms with Gasteiger partial charge in [0, 0.05) is 0 Å². The monoisotopic (exact) mass is 470 g/mol. The molecule has 0 aliphatic carbocycles. The molecule has 7 nitrogen and oxygen atoms in total. The lowest BCUT2D eigenvalue weighted by atomic mass is 10.2. The fourth-order valence-electron chi connectivity index (χ4n) is 2.46. The Kier molecular flexibility index (Phi) is 9.16. The number of amides is 1. The number of aryl methyl sites for hydroxylation is 1. The van der Waals surface area contributed by atoms with Gasteiger partial charge in [0.1, 0.15) is 6.04 Å². The van der Waals surface area contributed by atoms with Crippen LogP contribution < -0.4 is 10.0 Å². The molecule has 2 rings (SSSR count). The summed E-state index contributed by atoms with van der Waals surface area (Å²) in [4.78, 5) is 24.6. The number of anilines is 1. The van der Waals surface area contributed by atoms with E-state index in [1.165, 1.54) is 23.9 Å². The summed E-state index contributed by atoms with van der Waals surface area (Å²) >= 11 is 7.53. The van der Waals surface area contributed by atoms with E-state index in [0.29, 0.717) is 16.5 Å². The lowest BCUT2D eigenvalue weighted by Gasteiger charge is -2.17. The summed E-state index contributed by atoms with van der Waals surface area (Å²) in [7, 11) is -3.91. The van der Waals surface area contributed by atoms with E-state index >= 15 is 0 Å². The van der Waals surface area contributed by atoms with Crippen molar-refractivity contribution in [3.63, 3.8) is 0 Å². The Morgan fingerprint density at radius 3 is 2.50 bits per heavy atom. The van der Waals surface area contributed by atoms with Gasteiger partial charge < -0.3 is 10.1 Å². The van der Waals surface area contributed by atoms with Crippen LogP contribution in [0.5, 0.6) is 0 Å². The number of carbonyl (C=O) groups excluding carboxylic acids is 2. The van der Waals surface area contributed by atoms with Crippen LogP contribution in [-0.2, 0) is 24.3 Å². The van der Waals surface area contributed by atoms with E-state index in [2.05, 4.69) is 10.0 Å². The highest BCUT2D eigenvalue weighted by Crippen LogP contribution is 2.22. The van der Waals surface area contributed by atoms with Crippen molar-refractivity contribution in [2.45, 2.75) is 24.3 Å². The molecule has 0 saturated heterocycles. The molecule has 2 N–H and O–H groups in total. The molecular weight excluding hydrogens is 448 g/mol. The average Bonchev–Trinajstić information content (AvgIpc) is 2.72. The van der Waals surface area contributed by atoms with Crippen molar-refractivity contribution in [3.05, 3.63) is 59.1 Å². The van der Waals surface area contributed by atoms with Crippen LogP contribution in [0.25, 0.3) is 0 Å². The van der Waals surface area contributed by atoms with Crippen molar-refractivity contribution in [2.24, 2.45) is 0 Å². The van der Waals surface area contributed by atoms with E-state index in [4.69, 9.17) is 16.3 Å². The minimum atomic E-state index is -3.91. The number of rotatable bonds is 10. The molecule has 0 bridgehead atoms. The van der Waals surface area contributed by atoms with Crippen molar-refractivity contribution in [3.8, 4) is 0 Å². The number of hydrogen-bond acceptors (Lipinski definition) is 6. The lowest BCUT2D eigenvalue weighted by molar-refractivity contribution is -0.149. The molecule has 0 heterocycles. The highest BCUT2D eigenvalue weighted by atomic mass is 35.5. The number of carbonyl (C=O) groups is 2. The third-order valence-corrected chi connectivity index (χ3v) is 6.43. The van der Waals surface area contributed by atoms with E-state index in [1.807, 2.05) is 13.2 Å². The molecule has 30 heavy (non-hydrogen) atoms. The number of sulfonamides is 1. The summed E-state index contributed by atoms with van der Waals surface area (Å²) in [5, 5.41) is 2.92. The Labute approximate surface area is 185 Å². The molecule has 0 radical (unpaired) electrons. The molecule has 2 aromatic carbocycles. The van der Waals surface area contributed by atoms with Gasteiger partial charge in [-0.1, -0.05) is 35.9 Å². The molecule has 10 heteroatoms. The molecule has 1 amide bonds. The predicted octanol–water partition coefficient (Wildman–Crippen LogP) is 3.23. The average molecular weight is 471 g/mol. The maximum absolute atomic E-state index is 12.5. The second-order valence-electron chi connectivity index (χ2n) is 6.41. The molecular formula is C20H23ClN2O5S2. The van der Waals surface area contributed by atoms with Gasteiger partial charge in [-0.05, 0) is 55.2 Å². The number of halogens is 1. The van der Waals surface area contributed by atoms with Gasteiger partial charge in [-0.3, -0.25) is 9.59 Å². The maximum Gasteiger partial charge on any atom is 0.324 e. The SMILES string of the molecule is CSCCC(NS(=O)(=O)c1ccccc1)C(=O)OCC(=O)Nc1ccc(C)cc1Cl. The van der Waals surface area contributed by atoms with Crippen molar-refractivity contribution in [2.75, 3.05) is 23.9 Å². The Morgan fingerprint density at radius 2 is 1.87 bits per heavy atom. The van der Waals surface area contributed by atoms with Crippen LogP contribution in [0.15, 0.2) is 53.4 Å². The topological polar surface area (TPSA) is 102 Å². The first-order chi connectivity index (χ1) is 14.2. The van der Waals surface area contributed by atoms with E-state index in [9.17, 15) is 18.0 Å². The molecule has 0 fully saturated rings. The van der Waals surface area contributed by atoms with Crippen molar-refractivity contribution < 1.29 is 22.7 Å². The van der Waals surface area contributed by atoms with Crippen molar-refractivity contribution in [1.82, 2.24) is 4.72 Å². The van der Waals surface area contributed by atoms with Crippen molar-refractivity contribution in [1.29, 1.82) is 0 Å². The zero-order chi connectivity index (χ0) is 22.1. The van der Waals surface area contributed by atoms with Crippen LogP contribution in [0.1, 0.15) is 12.0 Å². The summed E-state index contributed by atoms with van der Waals surface area (Å²) in [5.74, 6) is -0.875. The Hall–Kier alpha value is -2.07. The maximum atomic E-state index is 12.5. The third kappa shape index (κ3) is 7.32. The Morgan fingerprint density at radius 1 is 1.17 bits per heavy atom. The highest BCUT2D eigenvalue weighted by Gasteiger charge is 2.27. The van der Waals surface area contributed by atoms with Gasteiger partial charge >= 0.3 is 5.97 Å². The van der Waals surface area contributed by atoms with Crippen LogP contribution in [0, 0.1) is 6.92 Å². The number of benzene rings is 2. The van der Waals surface area contributed by atoms with Gasteiger partial charge in [-0.15, -0.1) is 0 Å². The molecule has 0 spiro atoms. The zero-order valence-corrected chi connectivity index (χ0v) is 18.9. The highest BCUT2D eigenvalue weighted by molar-refractivity contribution is 7.98. The molecule has 0 aliphatic rings. The third-order valence-electron chi connectivity index (χ3n) is 3.99. The van der Waals surface area contributed by atoms with Crippen LogP contribution in [-0.4, -0.2) is 45.0 Å². The molecule has 0 aliphatic heterocycles. The lowest BCUT2D eigenvalue weighted by Crippen LogP contribution is -2.43. The Bertz CT molecular complexity index is 984. The normalized spacial score (nSPS) is 12.2. The van der Waals surface area contributed by atoms with Crippen LogP contribution in [0.2, 0.25) is 5.02 Å². The second kappa shape index (κ2) is 11.4. The van der Waals surface area contributed by atoms with E-state index in [1.54, 1.807) is 36.4 Å². The number of nitrogens with one attached hydrogen (secondary N) is 2. The number of ether oxygens (including phenoxy) is 1. The van der Waals surface area contributed by atoms with Gasteiger partial charge in [0.05, 0.1) is 15.6 Å².